The molecule has 6 aromatic carbocycles. The number of benzene rings is 6. The molecule has 5 heteroatoms. The average molecular weight is 552 g/mol. The zero-order valence-electron chi connectivity index (χ0n) is 22.8. The average Bonchev–Trinajstić information content (AvgIpc) is 3.73. The Morgan fingerprint density at radius 1 is 0.442 bits per heavy atom. The lowest BCUT2D eigenvalue weighted by atomic mass is 9.94. The molecule has 0 aliphatic heterocycles. The van der Waals surface area contributed by atoms with E-state index in [0.717, 1.165) is 65.9 Å². The van der Waals surface area contributed by atoms with E-state index in [4.69, 9.17) is 18.8 Å². The zero-order valence-corrected chi connectivity index (χ0v) is 22.8. The van der Waals surface area contributed by atoms with Gasteiger partial charge in [0.15, 0.2) is 11.2 Å². The molecule has 43 heavy (non-hydrogen) atoms. The first-order valence-corrected chi connectivity index (χ1v) is 14.4. The van der Waals surface area contributed by atoms with Gasteiger partial charge in [0, 0.05) is 27.1 Å². The summed E-state index contributed by atoms with van der Waals surface area (Å²) in [6.07, 6.45) is 0. The van der Waals surface area contributed by atoms with Gasteiger partial charge in [0.2, 0.25) is 5.95 Å². The Kier molecular flexibility index (Phi) is 4.39. The van der Waals surface area contributed by atoms with E-state index in [2.05, 4.69) is 89.5 Å². The van der Waals surface area contributed by atoms with Crippen molar-refractivity contribution >= 4 is 76.6 Å². The third-order valence-electron chi connectivity index (χ3n) is 8.61. The Balaban J connectivity index is 1.47. The second-order valence-electron chi connectivity index (χ2n) is 10.9. The van der Waals surface area contributed by atoms with Gasteiger partial charge < -0.3 is 8.83 Å². The maximum absolute atomic E-state index is 6.46. The summed E-state index contributed by atoms with van der Waals surface area (Å²) < 4.78 is 15.1. The highest BCUT2D eigenvalue weighted by Gasteiger charge is 2.27. The van der Waals surface area contributed by atoms with Gasteiger partial charge >= 0.3 is 0 Å². The first-order valence-electron chi connectivity index (χ1n) is 14.4. The van der Waals surface area contributed by atoms with E-state index in [1.54, 1.807) is 0 Å². The third-order valence-corrected chi connectivity index (χ3v) is 8.61. The predicted molar refractivity (Wildman–Crippen MR) is 174 cm³/mol. The Morgan fingerprint density at radius 2 is 0.930 bits per heavy atom. The summed E-state index contributed by atoms with van der Waals surface area (Å²) in [5, 5.41) is 7.59. The molecule has 5 nitrogen and oxygen atoms in total. The van der Waals surface area contributed by atoms with Crippen LogP contribution in [0, 0.1) is 0 Å². The van der Waals surface area contributed by atoms with Gasteiger partial charge in [-0.05, 0) is 40.4 Å². The molecule has 4 aromatic heterocycles. The second kappa shape index (κ2) is 8.30. The minimum Gasteiger partial charge on any atom is -0.450 e. The van der Waals surface area contributed by atoms with E-state index >= 15 is 0 Å². The molecular formula is C38H21N3O2. The highest BCUT2D eigenvalue weighted by molar-refractivity contribution is 6.27. The molecule has 0 amide bonds. The topological polar surface area (TPSA) is 57.0 Å². The van der Waals surface area contributed by atoms with Crippen molar-refractivity contribution in [2.75, 3.05) is 0 Å². The fraction of sp³-hybridized carbons (Fsp3) is 0. The van der Waals surface area contributed by atoms with Gasteiger partial charge in [-0.2, -0.15) is 0 Å². The summed E-state index contributed by atoms with van der Waals surface area (Å²) in [7, 11) is 0. The Morgan fingerprint density at radius 3 is 1.56 bits per heavy atom. The maximum atomic E-state index is 6.46. The molecular weight excluding hydrogens is 530 g/mol. The molecule has 4 heterocycles. The fourth-order valence-electron chi connectivity index (χ4n) is 6.79. The summed E-state index contributed by atoms with van der Waals surface area (Å²) in [6.45, 7) is 0. The molecule has 0 aliphatic rings. The molecule has 0 spiro atoms. The number of fused-ring (bicyclic) bond motifs is 13. The van der Waals surface area contributed by atoms with Crippen LogP contribution in [0.25, 0.3) is 93.8 Å². The van der Waals surface area contributed by atoms with Gasteiger partial charge in [0.05, 0.1) is 11.2 Å². The Labute approximate surface area is 244 Å². The van der Waals surface area contributed by atoms with Gasteiger partial charge in [0.25, 0.3) is 0 Å². The van der Waals surface area contributed by atoms with Crippen LogP contribution in [-0.2, 0) is 0 Å². The number of furan rings is 2. The van der Waals surface area contributed by atoms with Crippen LogP contribution < -0.4 is 0 Å². The van der Waals surface area contributed by atoms with Crippen molar-refractivity contribution < 1.29 is 8.83 Å². The summed E-state index contributed by atoms with van der Waals surface area (Å²) in [6, 6.07) is 43.7. The fourth-order valence-corrected chi connectivity index (χ4v) is 6.79. The van der Waals surface area contributed by atoms with E-state index < -0.39 is 0 Å². The number of hydrogen-bond donors (Lipinski definition) is 0. The van der Waals surface area contributed by atoms with E-state index in [0.29, 0.717) is 17.1 Å². The molecule has 10 aromatic rings. The molecule has 0 saturated heterocycles. The summed E-state index contributed by atoms with van der Waals surface area (Å²) >= 11 is 0. The van der Waals surface area contributed by atoms with Crippen molar-refractivity contribution in [2.24, 2.45) is 0 Å². The first kappa shape index (κ1) is 22.7. The predicted octanol–water partition coefficient (Wildman–Crippen LogP) is 10.2. The maximum Gasteiger partial charge on any atom is 0.236 e. The molecule has 0 N–H and O–H groups in total. The van der Waals surface area contributed by atoms with Crippen LogP contribution in [0.2, 0.25) is 0 Å². The largest absolute Gasteiger partial charge is 0.450 e. The smallest absolute Gasteiger partial charge is 0.236 e. The highest BCUT2D eigenvalue weighted by Crippen LogP contribution is 2.44. The van der Waals surface area contributed by atoms with Crippen LogP contribution in [0.1, 0.15) is 0 Å². The van der Waals surface area contributed by atoms with Crippen LogP contribution in [0.4, 0.5) is 0 Å². The van der Waals surface area contributed by atoms with E-state index in [9.17, 15) is 0 Å². The van der Waals surface area contributed by atoms with Gasteiger partial charge in [0.1, 0.15) is 22.2 Å². The highest BCUT2D eigenvalue weighted by atomic mass is 16.4. The first-order chi connectivity index (χ1) is 21.3. The molecule has 0 bridgehead atoms. The Hall–Kier alpha value is -5.94. The van der Waals surface area contributed by atoms with E-state index in [-0.39, 0.29) is 0 Å². The molecule has 0 radical (unpaired) electrons. The number of aromatic nitrogens is 3. The van der Waals surface area contributed by atoms with E-state index in [1.807, 2.05) is 42.5 Å². The van der Waals surface area contributed by atoms with Gasteiger partial charge in [-0.3, -0.25) is 4.57 Å². The van der Waals surface area contributed by atoms with Crippen molar-refractivity contribution in [2.45, 2.75) is 0 Å². The van der Waals surface area contributed by atoms with Crippen LogP contribution >= 0.6 is 0 Å². The van der Waals surface area contributed by atoms with Crippen molar-refractivity contribution in [3.63, 3.8) is 0 Å². The molecule has 0 unspecified atom stereocenters. The molecule has 10 rings (SSSR count). The van der Waals surface area contributed by atoms with Crippen LogP contribution in [0.3, 0.4) is 0 Å². The van der Waals surface area contributed by atoms with Crippen LogP contribution in [0.15, 0.2) is 136 Å². The van der Waals surface area contributed by atoms with Crippen molar-refractivity contribution in [3.8, 4) is 17.2 Å². The molecule has 200 valence electrons. The monoisotopic (exact) mass is 551 g/mol. The molecule has 0 aliphatic carbocycles. The minimum atomic E-state index is 0.574. The van der Waals surface area contributed by atoms with Gasteiger partial charge in [-0.1, -0.05) is 103 Å². The van der Waals surface area contributed by atoms with Gasteiger partial charge in [-0.25, -0.2) is 9.97 Å². The molecule has 0 fully saturated rings. The third kappa shape index (κ3) is 3.00. The number of hydrogen-bond acceptors (Lipinski definition) is 4. The van der Waals surface area contributed by atoms with E-state index in [1.165, 1.54) is 10.8 Å². The lowest BCUT2D eigenvalue weighted by molar-refractivity contribution is 0.634. The number of nitrogens with zero attached hydrogens (tertiary/aromatic N) is 3. The summed E-state index contributed by atoms with van der Waals surface area (Å²) in [5.41, 5.74) is 7.61. The second-order valence-corrected chi connectivity index (χ2v) is 10.9. The van der Waals surface area contributed by atoms with Crippen LogP contribution in [-0.4, -0.2) is 14.5 Å². The summed E-state index contributed by atoms with van der Waals surface area (Å²) in [5.74, 6) is 0.574. The lowest BCUT2D eigenvalue weighted by Crippen LogP contribution is -2.04. The number of para-hydroxylation sites is 2. The number of rotatable bonds is 2. The quantitative estimate of drug-likeness (QED) is 0.201. The summed E-state index contributed by atoms with van der Waals surface area (Å²) in [4.78, 5) is 10.8. The molecule has 0 saturated carbocycles. The minimum absolute atomic E-state index is 0.574. The van der Waals surface area contributed by atoms with Crippen molar-refractivity contribution in [1.29, 1.82) is 0 Å². The normalized spacial score (nSPS) is 12.2. The van der Waals surface area contributed by atoms with Crippen LogP contribution in [0.5, 0.6) is 0 Å². The standard InChI is InChI=1S/C38H21N3O2/c1-2-12-22(13-3-1)32-31-25-16-6-4-14-23(25)24-15-5-7-17-26(24)33(31)40-38(39-32)41-34-27-18-8-10-20-29(27)42-36(34)37-35(41)28-19-9-11-21-30(28)43-37/h1-21H. The zero-order chi connectivity index (χ0) is 28.1. The van der Waals surface area contributed by atoms with Crippen molar-refractivity contribution in [1.82, 2.24) is 14.5 Å². The SMILES string of the molecule is c1ccc(-c2nc(-n3c4c5ccccc5oc4c4oc5ccccc5c43)nc3c4ccccc4c4ccccc4c23)cc1. The lowest BCUT2D eigenvalue weighted by Gasteiger charge is -2.15. The van der Waals surface area contributed by atoms with Crippen molar-refractivity contribution in [3.05, 3.63) is 127 Å². The molecule has 0 atom stereocenters. The Bertz CT molecular complexity index is 2640. The van der Waals surface area contributed by atoms with Gasteiger partial charge in [-0.15, -0.1) is 0 Å².